The maximum Gasteiger partial charge on any atom is 0.0367 e. The van der Waals surface area contributed by atoms with Gasteiger partial charge in [0, 0.05) is 24.5 Å². The van der Waals surface area contributed by atoms with Crippen LogP contribution in [-0.2, 0) is 0 Å². The third-order valence-electron chi connectivity index (χ3n) is 4.38. The summed E-state index contributed by atoms with van der Waals surface area (Å²) in [6.45, 7) is 7.23. The smallest absolute Gasteiger partial charge is 0.0367 e. The summed E-state index contributed by atoms with van der Waals surface area (Å²) in [6, 6.07) is 8.25. The van der Waals surface area contributed by atoms with Crippen LogP contribution in [0.25, 0.3) is 0 Å². The fraction of sp³-hybridized carbons (Fsp3) is 0.538. The molecule has 1 aromatic carbocycles. The zero-order valence-electron chi connectivity index (χ0n) is 9.40. The number of fused-ring (bicyclic) bond motifs is 1. The summed E-state index contributed by atoms with van der Waals surface area (Å²) in [6.07, 6.45) is 0. The Bertz CT molecular complexity index is 366. The lowest BCUT2D eigenvalue weighted by Gasteiger charge is -2.24. The number of nitrogens with zero attached hydrogens (tertiary/aromatic N) is 1. The van der Waals surface area contributed by atoms with E-state index in [0.717, 1.165) is 17.5 Å². The van der Waals surface area contributed by atoms with Crippen molar-refractivity contribution in [3.8, 4) is 0 Å². The third-order valence-corrected chi connectivity index (χ3v) is 4.38. The second-order valence-corrected chi connectivity index (χ2v) is 5.53. The molecule has 15 heavy (non-hydrogen) atoms. The molecule has 1 aliphatic carbocycles. The van der Waals surface area contributed by atoms with Gasteiger partial charge in [-0.05, 0) is 41.5 Å². The van der Waals surface area contributed by atoms with E-state index in [1.807, 2.05) is 12.1 Å². The predicted molar refractivity (Wildman–Crippen MR) is 63.8 cm³/mol. The first-order chi connectivity index (χ1) is 7.09. The molecule has 0 spiro atoms. The van der Waals surface area contributed by atoms with Gasteiger partial charge in [-0.3, -0.25) is 0 Å². The minimum atomic E-state index is 0.601. The van der Waals surface area contributed by atoms with E-state index >= 15 is 0 Å². The van der Waals surface area contributed by atoms with Crippen LogP contribution in [0.1, 0.15) is 13.8 Å². The number of nitrogens with two attached hydrogens (primary N) is 1. The van der Waals surface area contributed by atoms with Crippen LogP contribution in [0.5, 0.6) is 0 Å². The van der Waals surface area contributed by atoms with Crippen molar-refractivity contribution in [1.29, 1.82) is 0 Å². The van der Waals surface area contributed by atoms with E-state index in [1.54, 1.807) is 0 Å². The first kappa shape index (κ1) is 9.08. The maximum absolute atomic E-state index is 5.69. The molecule has 0 bridgehead atoms. The molecule has 1 saturated carbocycles. The van der Waals surface area contributed by atoms with Crippen LogP contribution in [0.4, 0.5) is 11.4 Å². The highest BCUT2D eigenvalue weighted by Crippen LogP contribution is 2.62. The van der Waals surface area contributed by atoms with Crippen molar-refractivity contribution in [2.45, 2.75) is 13.8 Å². The molecule has 0 radical (unpaired) electrons. The summed E-state index contributed by atoms with van der Waals surface area (Å²) in [4.78, 5) is 2.49. The van der Waals surface area contributed by atoms with Crippen LogP contribution in [0.2, 0.25) is 0 Å². The van der Waals surface area contributed by atoms with Crippen LogP contribution in [-0.4, -0.2) is 13.1 Å². The van der Waals surface area contributed by atoms with Crippen molar-refractivity contribution in [3.05, 3.63) is 24.3 Å². The van der Waals surface area contributed by atoms with Crippen molar-refractivity contribution in [3.63, 3.8) is 0 Å². The van der Waals surface area contributed by atoms with E-state index in [1.165, 1.54) is 18.8 Å². The summed E-state index contributed by atoms with van der Waals surface area (Å²) in [7, 11) is 0. The highest BCUT2D eigenvalue weighted by atomic mass is 15.2. The zero-order chi connectivity index (χ0) is 10.6. The van der Waals surface area contributed by atoms with Crippen LogP contribution < -0.4 is 10.6 Å². The molecule has 0 aromatic heterocycles. The Morgan fingerprint density at radius 3 is 2.20 bits per heavy atom. The largest absolute Gasteiger partial charge is 0.399 e. The van der Waals surface area contributed by atoms with Crippen LogP contribution in [0, 0.1) is 17.3 Å². The minimum absolute atomic E-state index is 0.601. The van der Waals surface area contributed by atoms with Crippen LogP contribution in [0.15, 0.2) is 24.3 Å². The van der Waals surface area contributed by atoms with Crippen molar-refractivity contribution in [2.75, 3.05) is 23.7 Å². The molecule has 2 fully saturated rings. The van der Waals surface area contributed by atoms with E-state index in [9.17, 15) is 0 Å². The number of hydrogen-bond acceptors (Lipinski definition) is 2. The van der Waals surface area contributed by atoms with Gasteiger partial charge in [0.25, 0.3) is 0 Å². The Morgan fingerprint density at radius 2 is 1.67 bits per heavy atom. The molecule has 2 aliphatic rings. The molecule has 80 valence electrons. The Morgan fingerprint density at radius 1 is 1.13 bits per heavy atom. The first-order valence-corrected chi connectivity index (χ1v) is 5.69. The molecule has 1 heterocycles. The monoisotopic (exact) mass is 202 g/mol. The molecule has 1 saturated heterocycles. The lowest BCUT2D eigenvalue weighted by molar-refractivity contribution is 0.500. The Kier molecular flexibility index (Phi) is 1.63. The fourth-order valence-electron chi connectivity index (χ4n) is 3.03. The van der Waals surface area contributed by atoms with Crippen LogP contribution >= 0.6 is 0 Å². The van der Waals surface area contributed by atoms with Gasteiger partial charge >= 0.3 is 0 Å². The highest BCUT2D eigenvalue weighted by Gasteiger charge is 2.61. The highest BCUT2D eigenvalue weighted by molar-refractivity contribution is 5.54. The lowest BCUT2D eigenvalue weighted by atomic mass is 10.1. The third kappa shape index (κ3) is 1.24. The normalized spacial score (nSPS) is 31.5. The molecular weight excluding hydrogens is 184 g/mol. The quantitative estimate of drug-likeness (QED) is 0.708. The van der Waals surface area contributed by atoms with Crippen molar-refractivity contribution in [2.24, 2.45) is 17.3 Å². The molecule has 0 amide bonds. The van der Waals surface area contributed by atoms with E-state index < -0.39 is 0 Å². The summed E-state index contributed by atoms with van der Waals surface area (Å²) in [5, 5.41) is 0. The van der Waals surface area contributed by atoms with Gasteiger partial charge in [-0.15, -0.1) is 0 Å². The number of nitrogen functional groups attached to an aromatic ring is 1. The maximum atomic E-state index is 5.69. The molecule has 2 heteroatoms. The summed E-state index contributed by atoms with van der Waals surface area (Å²) < 4.78 is 0. The lowest BCUT2D eigenvalue weighted by Crippen LogP contribution is -2.25. The average Bonchev–Trinajstić information content (AvgIpc) is 2.64. The second-order valence-electron chi connectivity index (χ2n) is 5.53. The molecule has 2 nitrogen and oxygen atoms in total. The van der Waals surface area contributed by atoms with Crippen molar-refractivity contribution < 1.29 is 0 Å². The average molecular weight is 202 g/mol. The first-order valence-electron chi connectivity index (χ1n) is 5.69. The van der Waals surface area contributed by atoms with Gasteiger partial charge in [0.05, 0.1) is 0 Å². The number of hydrogen-bond donors (Lipinski definition) is 1. The number of benzene rings is 1. The van der Waals surface area contributed by atoms with Gasteiger partial charge in [-0.25, -0.2) is 0 Å². The topological polar surface area (TPSA) is 29.3 Å². The Balaban J connectivity index is 1.75. The number of rotatable bonds is 1. The van der Waals surface area contributed by atoms with E-state index in [0.29, 0.717) is 5.41 Å². The van der Waals surface area contributed by atoms with E-state index in [2.05, 4.69) is 30.9 Å². The predicted octanol–water partition coefficient (Wildman–Crippen LogP) is 2.36. The van der Waals surface area contributed by atoms with Gasteiger partial charge in [-0.2, -0.15) is 0 Å². The SMILES string of the molecule is CC1(C)C2CN(c3ccc(N)cc3)CC21. The Hall–Kier alpha value is -1.18. The van der Waals surface area contributed by atoms with Gasteiger partial charge in [0.15, 0.2) is 0 Å². The summed E-state index contributed by atoms with van der Waals surface area (Å²) in [5.41, 5.74) is 8.46. The van der Waals surface area contributed by atoms with Crippen molar-refractivity contribution in [1.82, 2.24) is 0 Å². The fourth-order valence-corrected chi connectivity index (χ4v) is 3.03. The Labute approximate surface area is 91.1 Å². The minimum Gasteiger partial charge on any atom is -0.399 e. The molecule has 2 atom stereocenters. The number of anilines is 2. The second kappa shape index (κ2) is 2.69. The molecular formula is C13H18N2. The van der Waals surface area contributed by atoms with Gasteiger partial charge < -0.3 is 10.6 Å². The van der Waals surface area contributed by atoms with Gasteiger partial charge in [0.2, 0.25) is 0 Å². The molecule has 3 rings (SSSR count). The molecule has 1 aromatic rings. The number of piperidine rings is 1. The molecule has 2 unspecified atom stereocenters. The molecule has 1 aliphatic heterocycles. The zero-order valence-corrected chi connectivity index (χ0v) is 9.40. The van der Waals surface area contributed by atoms with Crippen LogP contribution in [0.3, 0.4) is 0 Å². The van der Waals surface area contributed by atoms with Crippen molar-refractivity contribution >= 4 is 11.4 Å². The van der Waals surface area contributed by atoms with Gasteiger partial charge in [-0.1, -0.05) is 13.8 Å². The standard InChI is InChI=1S/C13H18N2/c1-13(2)11-7-15(8-12(11)13)10-5-3-9(14)4-6-10/h3-6,11-12H,7-8,14H2,1-2H3. The summed E-state index contributed by atoms with van der Waals surface area (Å²) >= 11 is 0. The van der Waals surface area contributed by atoms with Gasteiger partial charge in [0.1, 0.15) is 0 Å². The van der Waals surface area contributed by atoms with E-state index in [4.69, 9.17) is 5.73 Å². The summed E-state index contributed by atoms with van der Waals surface area (Å²) in [5.74, 6) is 1.82. The molecule has 2 N–H and O–H groups in total. The van der Waals surface area contributed by atoms with E-state index in [-0.39, 0.29) is 0 Å².